The molecule has 0 bridgehead atoms. The van der Waals surface area contributed by atoms with Crippen LogP contribution < -0.4 is 10.1 Å². The molecular weight excluding hydrogens is 338 g/mol. The highest BCUT2D eigenvalue weighted by Gasteiger charge is 2.23. The third kappa shape index (κ3) is 3.16. The van der Waals surface area contributed by atoms with E-state index in [0.717, 1.165) is 28.8 Å². The minimum atomic E-state index is -0.0575. The largest absolute Gasteiger partial charge is 0.495 e. The second kappa shape index (κ2) is 6.83. The first-order valence-corrected chi connectivity index (χ1v) is 8.99. The molecule has 2 aromatic heterocycles. The summed E-state index contributed by atoms with van der Waals surface area (Å²) in [7, 11) is 1.68. The van der Waals surface area contributed by atoms with Crippen LogP contribution in [0.2, 0.25) is 0 Å². The van der Waals surface area contributed by atoms with Crippen LogP contribution in [0.4, 0.5) is 5.82 Å². The molecule has 4 aromatic rings. The fourth-order valence-corrected chi connectivity index (χ4v) is 3.35. The van der Waals surface area contributed by atoms with Gasteiger partial charge in [0.15, 0.2) is 11.4 Å². The first kappa shape index (κ1) is 17.2. The Hall–Kier alpha value is -3.21. The maximum Gasteiger partial charge on any atom is 0.181 e. The van der Waals surface area contributed by atoms with Gasteiger partial charge in [-0.15, -0.1) is 0 Å². The van der Waals surface area contributed by atoms with Gasteiger partial charge in [-0.1, -0.05) is 49.3 Å². The van der Waals surface area contributed by atoms with Crippen molar-refractivity contribution in [3.05, 3.63) is 66.5 Å². The van der Waals surface area contributed by atoms with Gasteiger partial charge in [0.2, 0.25) is 0 Å². The average Bonchev–Trinajstić information content (AvgIpc) is 3.36. The second-order valence-electron chi connectivity index (χ2n) is 7.25. The van der Waals surface area contributed by atoms with Crippen LogP contribution >= 0.6 is 0 Å². The molecule has 2 aromatic carbocycles. The Balaban J connectivity index is 1.69. The van der Waals surface area contributed by atoms with Gasteiger partial charge in [0.25, 0.3) is 0 Å². The topological polar surface area (TPSA) is 63.1 Å². The number of anilines is 1. The summed E-state index contributed by atoms with van der Waals surface area (Å²) in [6.45, 7) is 5.14. The minimum Gasteiger partial charge on any atom is -0.495 e. The number of hydrogen-bond donors (Lipinski definition) is 2. The molecule has 0 fully saturated rings. The van der Waals surface area contributed by atoms with Crippen molar-refractivity contribution in [2.45, 2.75) is 19.3 Å². The maximum absolute atomic E-state index is 5.74. The molecule has 5 nitrogen and oxygen atoms in total. The lowest BCUT2D eigenvalue weighted by Gasteiger charge is -2.25. The third-order valence-electron chi connectivity index (χ3n) is 4.96. The number of rotatable bonds is 6. The summed E-state index contributed by atoms with van der Waals surface area (Å²) < 4.78 is 11.3. The molecule has 0 amide bonds. The Morgan fingerprint density at radius 3 is 2.63 bits per heavy atom. The van der Waals surface area contributed by atoms with Crippen LogP contribution in [0.5, 0.6) is 5.75 Å². The van der Waals surface area contributed by atoms with Gasteiger partial charge in [0.1, 0.15) is 11.1 Å². The maximum atomic E-state index is 5.74. The van der Waals surface area contributed by atoms with E-state index in [1.54, 1.807) is 7.11 Å². The molecule has 27 heavy (non-hydrogen) atoms. The van der Waals surface area contributed by atoms with Crippen LogP contribution in [0.3, 0.4) is 0 Å². The summed E-state index contributed by atoms with van der Waals surface area (Å²) in [6, 6.07) is 16.4. The molecule has 0 radical (unpaired) electrons. The summed E-state index contributed by atoms with van der Waals surface area (Å²) in [6.07, 6.45) is 3.84. The van der Waals surface area contributed by atoms with Crippen molar-refractivity contribution in [1.29, 1.82) is 0 Å². The molecule has 0 unspecified atom stereocenters. The van der Waals surface area contributed by atoms with Crippen molar-refractivity contribution < 1.29 is 9.26 Å². The highest BCUT2D eigenvalue weighted by Crippen LogP contribution is 2.40. The molecular formula is C22H23N3O2. The molecule has 0 atom stereocenters. The monoisotopic (exact) mass is 361 g/mol. The summed E-state index contributed by atoms with van der Waals surface area (Å²) in [5, 5.41) is 8.57. The number of ether oxygens (including phenoxy) is 1. The van der Waals surface area contributed by atoms with Crippen LogP contribution in [-0.4, -0.2) is 23.8 Å². The quantitative estimate of drug-likeness (QED) is 0.494. The average molecular weight is 361 g/mol. The van der Waals surface area contributed by atoms with Gasteiger partial charge < -0.3 is 19.6 Å². The molecule has 5 heteroatoms. The number of aromatic nitrogens is 2. The van der Waals surface area contributed by atoms with Crippen LogP contribution in [0, 0.1) is 0 Å². The van der Waals surface area contributed by atoms with Crippen molar-refractivity contribution in [2.24, 2.45) is 0 Å². The van der Waals surface area contributed by atoms with E-state index in [0.29, 0.717) is 11.4 Å². The number of nitrogens with zero attached hydrogens (tertiary/aromatic N) is 1. The Morgan fingerprint density at radius 1 is 1.11 bits per heavy atom. The molecule has 0 aliphatic carbocycles. The van der Waals surface area contributed by atoms with Gasteiger partial charge in [0, 0.05) is 35.5 Å². The van der Waals surface area contributed by atoms with Gasteiger partial charge in [-0.05, 0) is 23.8 Å². The normalized spacial score (nSPS) is 11.7. The number of fused-ring (bicyclic) bond motifs is 1. The Morgan fingerprint density at radius 2 is 1.93 bits per heavy atom. The fraction of sp³-hybridized carbons (Fsp3) is 0.227. The summed E-state index contributed by atoms with van der Waals surface area (Å²) in [5.41, 5.74) is 3.97. The molecule has 0 saturated carbocycles. The van der Waals surface area contributed by atoms with E-state index in [9.17, 15) is 0 Å². The summed E-state index contributed by atoms with van der Waals surface area (Å²) in [5.74, 6) is 1.46. The highest BCUT2D eigenvalue weighted by atomic mass is 16.5. The van der Waals surface area contributed by atoms with Crippen molar-refractivity contribution in [1.82, 2.24) is 10.1 Å². The van der Waals surface area contributed by atoms with Crippen molar-refractivity contribution in [2.75, 3.05) is 19.0 Å². The van der Waals surface area contributed by atoms with Crippen LogP contribution in [0.25, 0.3) is 22.1 Å². The van der Waals surface area contributed by atoms with E-state index in [2.05, 4.69) is 53.6 Å². The fourth-order valence-electron chi connectivity index (χ4n) is 3.35. The Bertz CT molecular complexity index is 1030. The zero-order chi connectivity index (χ0) is 18.9. The third-order valence-corrected chi connectivity index (χ3v) is 4.96. The standard InChI is InChI=1S/C22H23N3O2/c1-22(2,16-7-5-4-6-8-16)14-24-21-19-18(27-25-21)10-9-17(20(19)26-3)15-11-12-23-13-15/h4-13,23H,14H2,1-3H3,(H,24,25). The van der Waals surface area contributed by atoms with Gasteiger partial charge in [-0.2, -0.15) is 0 Å². The SMILES string of the molecule is COc1c(-c2cc[nH]c2)ccc2onc(NCC(C)(C)c3ccccc3)c12. The predicted molar refractivity (Wildman–Crippen MR) is 108 cm³/mol. The van der Waals surface area contributed by atoms with Crippen molar-refractivity contribution in [3.8, 4) is 16.9 Å². The number of methoxy groups -OCH3 is 1. The van der Waals surface area contributed by atoms with E-state index < -0.39 is 0 Å². The van der Waals surface area contributed by atoms with E-state index >= 15 is 0 Å². The summed E-state index contributed by atoms with van der Waals surface area (Å²) >= 11 is 0. The zero-order valence-corrected chi connectivity index (χ0v) is 15.7. The highest BCUT2D eigenvalue weighted by molar-refractivity contribution is 5.99. The lowest BCUT2D eigenvalue weighted by atomic mass is 9.84. The van der Waals surface area contributed by atoms with Crippen LogP contribution in [0.15, 0.2) is 65.4 Å². The van der Waals surface area contributed by atoms with Gasteiger partial charge in [0.05, 0.1) is 7.11 Å². The molecule has 4 rings (SSSR count). The van der Waals surface area contributed by atoms with Gasteiger partial charge in [-0.3, -0.25) is 0 Å². The number of nitrogens with one attached hydrogen (secondary N) is 2. The lowest BCUT2D eigenvalue weighted by molar-refractivity contribution is 0.421. The molecule has 138 valence electrons. The Kier molecular flexibility index (Phi) is 4.36. The zero-order valence-electron chi connectivity index (χ0n) is 15.7. The molecule has 0 saturated heterocycles. The first-order chi connectivity index (χ1) is 13.1. The van der Waals surface area contributed by atoms with Crippen molar-refractivity contribution >= 4 is 16.8 Å². The summed E-state index contributed by atoms with van der Waals surface area (Å²) in [4.78, 5) is 3.09. The molecule has 0 aliphatic rings. The van der Waals surface area contributed by atoms with E-state index in [4.69, 9.17) is 9.26 Å². The molecule has 2 N–H and O–H groups in total. The molecule has 2 heterocycles. The van der Waals surface area contributed by atoms with E-state index in [-0.39, 0.29) is 5.41 Å². The number of H-pyrrole nitrogens is 1. The van der Waals surface area contributed by atoms with Crippen LogP contribution in [-0.2, 0) is 5.41 Å². The van der Waals surface area contributed by atoms with E-state index in [1.165, 1.54) is 5.56 Å². The minimum absolute atomic E-state index is 0.0575. The molecule has 0 spiro atoms. The smallest absolute Gasteiger partial charge is 0.181 e. The Labute approximate surface area is 158 Å². The van der Waals surface area contributed by atoms with Gasteiger partial charge in [-0.25, -0.2) is 0 Å². The van der Waals surface area contributed by atoms with E-state index in [1.807, 2.05) is 36.7 Å². The number of benzene rings is 2. The predicted octanol–water partition coefficient (Wildman–Crippen LogP) is 5.22. The molecule has 0 aliphatic heterocycles. The number of hydrogen-bond acceptors (Lipinski definition) is 4. The van der Waals surface area contributed by atoms with Gasteiger partial charge >= 0.3 is 0 Å². The lowest BCUT2D eigenvalue weighted by Crippen LogP contribution is -2.27. The first-order valence-electron chi connectivity index (χ1n) is 8.99. The number of aromatic amines is 1. The van der Waals surface area contributed by atoms with Crippen LogP contribution in [0.1, 0.15) is 19.4 Å². The van der Waals surface area contributed by atoms with Crippen molar-refractivity contribution in [3.63, 3.8) is 0 Å². The second-order valence-corrected chi connectivity index (χ2v) is 7.25.